The van der Waals surface area contributed by atoms with Gasteiger partial charge in [0.15, 0.2) is 9.84 Å². The molecule has 0 spiro atoms. The third-order valence-electron chi connectivity index (χ3n) is 2.51. The van der Waals surface area contributed by atoms with Gasteiger partial charge in [-0.15, -0.1) is 11.8 Å². The minimum absolute atomic E-state index is 0.0940. The zero-order chi connectivity index (χ0) is 10.2. The first-order chi connectivity index (χ1) is 6.57. The average molecular weight is 237 g/mol. The number of hydrogen-bond donors (Lipinski definition) is 0. The van der Waals surface area contributed by atoms with E-state index in [1.54, 1.807) is 0 Å². The number of sulfone groups is 1. The van der Waals surface area contributed by atoms with E-state index < -0.39 is 15.9 Å². The third-order valence-corrected chi connectivity index (χ3v) is 5.46. The molecule has 0 aromatic heterocycles. The zero-order valence-electron chi connectivity index (χ0n) is 7.72. The first-order valence-electron chi connectivity index (χ1n) is 4.70. The number of thioether (sulfide) groups is 1. The second-order valence-electron chi connectivity index (χ2n) is 3.73. The van der Waals surface area contributed by atoms with Gasteiger partial charge < -0.3 is 4.74 Å². The number of rotatable bonds is 2. The fourth-order valence-corrected chi connectivity index (χ4v) is 4.52. The fraction of sp³-hybridized carbons (Fsp3) is 1.00. The molecule has 0 bridgehead atoms. The molecule has 14 heavy (non-hydrogen) atoms. The van der Waals surface area contributed by atoms with E-state index in [0.29, 0.717) is 12.8 Å². The summed E-state index contributed by atoms with van der Waals surface area (Å²) in [7, 11) is -2.89. The maximum Gasteiger partial charge on any atom is 0.152 e. The van der Waals surface area contributed by atoms with E-state index in [0.717, 1.165) is 5.75 Å². The number of ether oxygens (including phenoxy) is 1. The maximum atomic E-state index is 11.3. The Labute approximate surface area is 87.9 Å². The topological polar surface area (TPSA) is 63.3 Å². The Morgan fingerprint density at radius 2 is 2.07 bits per heavy atom. The molecule has 2 aliphatic rings. The Kier molecular flexibility index (Phi) is 3.06. The Morgan fingerprint density at radius 3 is 2.57 bits per heavy atom. The van der Waals surface area contributed by atoms with Crippen LogP contribution in [0.15, 0.2) is 0 Å². The van der Waals surface area contributed by atoms with E-state index in [1.165, 1.54) is 11.8 Å². The minimum Gasteiger partial charge on any atom is -0.360 e. The van der Waals surface area contributed by atoms with Crippen LogP contribution in [-0.4, -0.2) is 43.3 Å². The summed E-state index contributed by atoms with van der Waals surface area (Å²) in [4.78, 5) is 0. The van der Waals surface area contributed by atoms with Crippen molar-refractivity contribution < 1.29 is 18.3 Å². The maximum absolute atomic E-state index is 11.3. The van der Waals surface area contributed by atoms with Crippen molar-refractivity contribution in [2.45, 2.75) is 30.5 Å². The van der Waals surface area contributed by atoms with Gasteiger partial charge in [0.25, 0.3) is 0 Å². The van der Waals surface area contributed by atoms with Gasteiger partial charge in [-0.05, 0) is 18.6 Å². The van der Waals surface area contributed by atoms with Crippen molar-refractivity contribution in [3.63, 3.8) is 0 Å². The summed E-state index contributed by atoms with van der Waals surface area (Å²) in [6.07, 6.45) is 0.260. The molecule has 4 nitrogen and oxygen atoms in total. The highest BCUT2D eigenvalue weighted by Crippen LogP contribution is 2.31. The monoisotopic (exact) mass is 237 g/mol. The molecule has 2 rings (SSSR count). The molecule has 0 saturated carbocycles. The van der Waals surface area contributed by atoms with E-state index in [4.69, 9.17) is 4.74 Å². The van der Waals surface area contributed by atoms with Gasteiger partial charge in [0.1, 0.15) is 11.5 Å². The highest BCUT2D eigenvalue weighted by molar-refractivity contribution is 8.00. The van der Waals surface area contributed by atoms with Gasteiger partial charge in [-0.25, -0.2) is 13.5 Å². The van der Waals surface area contributed by atoms with Gasteiger partial charge in [-0.2, -0.15) is 0 Å². The predicted molar refractivity (Wildman–Crippen MR) is 53.5 cm³/mol. The van der Waals surface area contributed by atoms with E-state index in [2.05, 4.69) is 0 Å². The smallest absolute Gasteiger partial charge is 0.152 e. The molecule has 0 N–H and O–H groups in total. The van der Waals surface area contributed by atoms with Crippen LogP contribution in [0.5, 0.6) is 0 Å². The van der Waals surface area contributed by atoms with Crippen molar-refractivity contribution >= 4 is 21.6 Å². The van der Waals surface area contributed by atoms with Crippen molar-refractivity contribution in [2.75, 3.05) is 17.3 Å². The summed E-state index contributed by atoms with van der Waals surface area (Å²) in [5.41, 5.74) is -0.326. The lowest BCUT2D eigenvalue weighted by Crippen LogP contribution is -2.26. The Bertz CT molecular complexity index is 300. The predicted octanol–water partition coefficient (Wildman–Crippen LogP) is 0.452. The summed E-state index contributed by atoms with van der Waals surface area (Å²) in [6.45, 7) is 0. The molecule has 3 atom stereocenters. The molecule has 2 aliphatic heterocycles. The SMILES string of the molecule is [O]C1CCSC1OC1CCS(=O)(=O)C1. The second-order valence-corrected chi connectivity index (χ2v) is 7.16. The summed E-state index contributed by atoms with van der Waals surface area (Å²) in [5.74, 6) is 1.13. The minimum atomic E-state index is -2.89. The van der Waals surface area contributed by atoms with Crippen LogP contribution in [0.2, 0.25) is 0 Å². The van der Waals surface area contributed by atoms with Crippen molar-refractivity contribution in [2.24, 2.45) is 0 Å². The molecular formula is C8H13O4S2. The van der Waals surface area contributed by atoms with Crippen molar-refractivity contribution in [1.29, 1.82) is 0 Å². The largest absolute Gasteiger partial charge is 0.360 e. The third kappa shape index (κ3) is 2.42. The van der Waals surface area contributed by atoms with E-state index in [1.807, 2.05) is 0 Å². The van der Waals surface area contributed by atoms with E-state index >= 15 is 0 Å². The molecule has 1 radical (unpaired) electrons. The van der Waals surface area contributed by atoms with Gasteiger partial charge in [0, 0.05) is 0 Å². The van der Waals surface area contributed by atoms with Gasteiger partial charge >= 0.3 is 0 Å². The van der Waals surface area contributed by atoms with Crippen LogP contribution in [0.25, 0.3) is 0 Å². The molecule has 2 heterocycles. The average Bonchev–Trinajstić information content (AvgIpc) is 2.61. The summed E-state index contributed by atoms with van der Waals surface area (Å²) < 4.78 is 27.8. The van der Waals surface area contributed by atoms with Gasteiger partial charge in [0.05, 0.1) is 17.6 Å². The molecule has 2 saturated heterocycles. The quantitative estimate of drug-likeness (QED) is 0.699. The Hall–Kier alpha value is 0.220. The lowest BCUT2D eigenvalue weighted by atomic mass is 10.3. The molecule has 3 unspecified atom stereocenters. The summed E-state index contributed by atoms with van der Waals surface area (Å²) in [5, 5.41) is 11.3. The van der Waals surface area contributed by atoms with Crippen LogP contribution < -0.4 is 0 Å². The van der Waals surface area contributed by atoms with Gasteiger partial charge in [-0.1, -0.05) is 0 Å². The van der Waals surface area contributed by atoms with Gasteiger partial charge in [0.2, 0.25) is 0 Å². The Morgan fingerprint density at radius 1 is 1.29 bits per heavy atom. The molecule has 2 fully saturated rings. The highest BCUT2D eigenvalue weighted by Gasteiger charge is 2.35. The molecular weight excluding hydrogens is 224 g/mol. The van der Waals surface area contributed by atoms with E-state index in [-0.39, 0.29) is 23.0 Å². The lowest BCUT2D eigenvalue weighted by Gasteiger charge is -2.17. The Balaban J connectivity index is 1.87. The standard InChI is InChI=1S/C8H13O4S2/c9-7-1-3-13-8(7)12-6-2-4-14(10,11)5-6/h6-8H,1-5H2. The lowest BCUT2D eigenvalue weighted by molar-refractivity contribution is -0.0425. The van der Waals surface area contributed by atoms with Crippen molar-refractivity contribution in [3.05, 3.63) is 0 Å². The van der Waals surface area contributed by atoms with Crippen LogP contribution in [0.3, 0.4) is 0 Å². The summed E-state index contributed by atoms with van der Waals surface area (Å²) in [6, 6.07) is 0. The first-order valence-corrected chi connectivity index (χ1v) is 7.57. The molecule has 81 valence electrons. The first kappa shape index (κ1) is 10.7. The fourth-order valence-electron chi connectivity index (χ4n) is 1.73. The molecule has 0 aliphatic carbocycles. The van der Waals surface area contributed by atoms with Crippen molar-refractivity contribution in [1.82, 2.24) is 0 Å². The molecule has 6 heteroatoms. The second kappa shape index (κ2) is 4.00. The van der Waals surface area contributed by atoms with Gasteiger partial charge in [-0.3, -0.25) is 0 Å². The van der Waals surface area contributed by atoms with Crippen molar-refractivity contribution in [3.8, 4) is 0 Å². The van der Waals surface area contributed by atoms with Crippen LogP contribution in [0.1, 0.15) is 12.8 Å². The van der Waals surface area contributed by atoms with Crippen LogP contribution >= 0.6 is 11.8 Å². The van der Waals surface area contributed by atoms with Crippen LogP contribution in [0, 0.1) is 0 Å². The van der Waals surface area contributed by atoms with E-state index in [9.17, 15) is 13.5 Å². The molecule has 0 amide bonds. The normalized spacial score (nSPS) is 41.6. The molecule has 0 aromatic carbocycles. The van der Waals surface area contributed by atoms with Crippen LogP contribution in [0.4, 0.5) is 0 Å². The zero-order valence-corrected chi connectivity index (χ0v) is 9.35. The molecule has 0 aromatic rings. The van der Waals surface area contributed by atoms with Crippen LogP contribution in [-0.2, 0) is 19.7 Å². The highest BCUT2D eigenvalue weighted by atomic mass is 32.2. The number of hydrogen-bond acceptors (Lipinski definition) is 4. The summed E-state index contributed by atoms with van der Waals surface area (Å²) >= 11 is 1.51.